The van der Waals surface area contributed by atoms with E-state index in [2.05, 4.69) is 11.4 Å². The number of nitro groups is 1. The van der Waals surface area contributed by atoms with Crippen molar-refractivity contribution < 1.29 is 4.92 Å². The summed E-state index contributed by atoms with van der Waals surface area (Å²) in [5.74, 6) is 0.838. The average molecular weight is 349 g/mol. The van der Waals surface area contributed by atoms with Gasteiger partial charge in [-0.3, -0.25) is 10.1 Å². The molecule has 0 spiro atoms. The minimum atomic E-state index is -0.370. The van der Waals surface area contributed by atoms with Crippen LogP contribution in [0.1, 0.15) is 5.56 Å². The Labute approximate surface area is 151 Å². The molecule has 7 heteroatoms. The molecule has 0 radical (unpaired) electrons. The lowest BCUT2D eigenvalue weighted by molar-refractivity contribution is -0.384. The van der Waals surface area contributed by atoms with Crippen LogP contribution in [0.4, 0.5) is 17.2 Å². The van der Waals surface area contributed by atoms with Gasteiger partial charge in [0.25, 0.3) is 5.69 Å². The summed E-state index contributed by atoms with van der Waals surface area (Å²) in [6.45, 7) is 0.800. The SMILES string of the molecule is CN(C)c1cccc(-c2nn(-c3ccccc3[N+](=O)[O-])c3c2CCN3)c1. The number of hydrogen-bond acceptors (Lipinski definition) is 5. The lowest BCUT2D eigenvalue weighted by atomic mass is 10.1. The zero-order valence-corrected chi connectivity index (χ0v) is 14.6. The van der Waals surface area contributed by atoms with E-state index in [0.717, 1.165) is 41.3 Å². The Morgan fingerprint density at radius 2 is 2.00 bits per heavy atom. The molecule has 0 unspecified atom stereocenters. The van der Waals surface area contributed by atoms with Crippen molar-refractivity contribution in [2.45, 2.75) is 6.42 Å². The van der Waals surface area contributed by atoms with Gasteiger partial charge in [-0.25, -0.2) is 4.68 Å². The molecule has 7 nitrogen and oxygen atoms in total. The number of aromatic nitrogens is 2. The molecule has 0 saturated carbocycles. The molecule has 0 atom stereocenters. The maximum absolute atomic E-state index is 11.4. The standard InChI is InChI=1S/C19H19N5O2/c1-22(2)14-7-5-6-13(12-14)18-15-10-11-20-19(15)23(21-18)16-8-3-4-9-17(16)24(25)26/h3-9,12,20H,10-11H2,1-2H3. The van der Waals surface area contributed by atoms with Crippen LogP contribution in [0, 0.1) is 10.1 Å². The molecule has 1 aliphatic rings. The predicted octanol–water partition coefficient (Wildman–Crippen LogP) is 3.48. The van der Waals surface area contributed by atoms with Crippen LogP contribution in [0.25, 0.3) is 16.9 Å². The number of nitro benzene ring substituents is 1. The van der Waals surface area contributed by atoms with Gasteiger partial charge in [0.05, 0.1) is 10.6 Å². The molecule has 26 heavy (non-hydrogen) atoms. The quantitative estimate of drug-likeness (QED) is 0.576. The molecule has 2 heterocycles. The summed E-state index contributed by atoms with van der Waals surface area (Å²) in [7, 11) is 3.99. The lowest BCUT2D eigenvalue weighted by Gasteiger charge is -2.13. The number of anilines is 2. The van der Waals surface area contributed by atoms with Crippen LogP contribution < -0.4 is 10.2 Å². The van der Waals surface area contributed by atoms with Gasteiger partial charge in [0.2, 0.25) is 0 Å². The largest absolute Gasteiger partial charge is 0.378 e. The Balaban J connectivity index is 1.90. The van der Waals surface area contributed by atoms with Gasteiger partial charge >= 0.3 is 0 Å². The molecule has 0 saturated heterocycles. The van der Waals surface area contributed by atoms with Crippen LogP contribution in [0.5, 0.6) is 0 Å². The highest BCUT2D eigenvalue weighted by Crippen LogP contribution is 2.37. The Bertz CT molecular complexity index is 993. The first-order valence-corrected chi connectivity index (χ1v) is 8.43. The van der Waals surface area contributed by atoms with Crippen LogP contribution in [0.15, 0.2) is 48.5 Å². The molecular weight excluding hydrogens is 330 g/mol. The Hall–Kier alpha value is -3.35. The van der Waals surface area contributed by atoms with E-state index in [1.807, 2.05) is 37.2 Å². The van der Waals surface area contributed by atoms with Gasteiger partial charge in [0.15, 0.2) is 0 Å². The van der Waals surface area contributed by atoms with Gasteiger partial charge in [-0.2, -0.15) is 5.10 Å². The van der Waals surface area contributed by atoms with Crippen LogP contribution >= 0.6 is 0 Å². The number of fused-ring (bicyclic) bond motifs is 1. The topological polar surface area (TPSA) is 76.2 Å². The fraction of sp³-hybridized carbons (Fsp3) is 0.211. The van der Waals surface area contributed by atoms with E-state index in [4.69, 9.17) is 5.10 Å². The second-order valence-corrected chi connectivity index (χ2v) is 6.45. The van der Waals surface area contributed by atoms with E-state index < -0.39 is 0 Å². The number of nitrogens with zero attached hydrogens (tertiary/aromatic N) is 4. The van der Waals surface area contributed by atoms with Crippen molar-refractivity contribution in [2.75, 3.05) is 30.9 Å². The number of benzene rings is 2. The molecule has 4 rings (SSSR count). The van der Waals surface area contributed by atoms with Gasteiger partial charge in [-0.15, -0.1) is 0 Å². The third kappa shape index (κ3) is 2.57. The highest BCUT2D eigenvalue weighted by molar-refractivity contribution is 5.75. The van der Waals surface area contributed by atoms with Crippen LogP contribution in [-0.4, -0.2) is 35.3 Å². The maximum atomic E-state index is 11.4. The number of hydrogen-bond donors (Lipinski definition) is 1. The highest BCUT2D eigenvalue weighted by Gasteiger charge is 2.27. The minimum absolute atomic E-state index is 0.0418. The first-order chi connectivity index (χ1) is 12.6. The third-order valence-electron chi connectivity index (χ3n) is 4.59. The monoisotopic (exact) mass is 349 g/mol. The van der Waals surface area contributed by atoms with Crippen LogP contribution in [0.2, 0.25) is 0 Å². The van der Waals surface area contributed by atoms with Gasteiger partial charge in [0.1, 0.15) is 11.5 Å². The average Bonchev–Trinajstić information content (AvgIpc) is 3.24. The van der Waals surface area contributed by atoms with Gasteiger partial charge in [-0.1, -0.05) is 24.3 Å². The van der Waals surface area contributed by atoms with Crippen molar-refractivity contribution in [1.29, 1.82) is 0 Å². The number of rotatable bonds is 4. The van der Waals surface area contributed by atoms with Gasteiger partial charge in [0, 0.05) is 43.5 Å². The molecule has 0 amide bonds. The molecule has 2 aromatic carbocycles. The highest BCUT2D eigenvalue weighted by atomic mass is 16.6. The summed E-state index contributed by atoms with van der Waals surface area (Å²) in [6, 6.07) is 14.8. The summed E-state index contributed by atoms with van der Waals surface area (Å²) < 4.78 is 1.66. The fourth-order valence-corrected chi connectivity index (χ4v) is 3.31. The fourth-order valence-electron chi connectivity index (χ4n) is 3.31. The smallest absolute Gasteiger partial charge is 0.294 e. The van der Waals surface area contributed by atoms with Crippen LogP contribution in [-0.2, 0) is 6.42 Å². The molecule has 1 aliphatic heterocycles. The lowest BCUT2D eigenvalue weighted by Crippen LogP contribution is -2.08. The third-order valence-corrected chi connectivity index (χ3v) is 4.59. The van der Waals surface area contributed by atoms with Crippen molar-refractivity contribution in [3.63, 3.8) is 0 Å². The Morgan fingerprint density at radius 1 is 1.19 bits per heavy atom. The summed E-state index contributed by atoms with van der Waals surface area (Å²) in [6.07, 6.45) is 0.845. The minimum Gasteiger partial charge on any atom is -0.378 e. The first-order valence-electron chi connectivity index (χ1n) is 8.43. The molecule has 1 N–H and O–H groups in total. The molecule has 132 valence electrons. The molecule has 0 aliphatic carbocycles. The molecule has 0 bridgehead atoms. The summed E-state index contributed by atoms with van der Waals surface area (Å²) in [5.41, 5.74) is 4.57. The van der Waals surface area contributed by atoms with E-state index in [0.29, 0.717) is 5.69 Å². The molecule has 0 fully saturated rings. The van der Waals surface area contributed by atoms with Crippen molar-refractivity contribution in [1.82, 2.24) is 9.78 Å². The van der Waals surface area contributed by atoms with Crippen molar-refractivity contribution in [2.24, 2.45) is 0 Å². The van der Waals surface area contributed by atoms with E-state index >= 15 is 0 Å². The first kappa shape index (κ1) is 16.1. The van der Waals surface area contributed by atoms with Crippen molar-refractivity contribution in [3.8, 4) is 16.9 Å². The number of nitrogens with one attached hydrogen (secondary N) is 1. The molecule has 1 aromatic heterocycles. The van der Waals surface area contributed by atoms with Crippen LogP contribution in [0.3, 0.4) is 0 Å². The predicted molar refractivity (Wildman–Crippen MR) is 102 cm³/mol. The summed E-state index contributed by atoms with van der Waals surface area (Å²) in [4.78, 5) is 13.1. The van der Waals surface area contributed by atoms with E-state index in [9.17, 15) is 10.1 Å². The van der Waals surface area contributed by atoms with E-state index in [-0.39, 0.29) is 10.6 Å². The Kier molecular flexibility index (Phi) is 3.84. The normalized spacial score (nSPS) is 12.5. The molecule has 3 aromatic rings. The summed E-state index contributed by atoms with van der Waals surface area (Å²) in [5, 5.41) is 19.5. The summed E-state index contributed by atoms with van der Waals surface area (Å²) >= 11 is 0. The maximum Gasteiger partial charge on any atom is 0.294 e. The van der Waals surface area contributed by atoms with Gasteiger partial charge < -0.3 is 10.2 Å². The van der Waals surface area contributed by atoms with Gasteiger partial charge in [-0.05, 0) is 24.6 Å². The van der Waals surface area contributed by atoms with E-state index in [1.165, 1.54) is 6.07 Å². The zero-order valence-electron chi connectivity index (χ0n) is 14.6. The van der Waals surface area contributed by atoms with Crippen molar-refractivity contribution >= 4 is 17.2 Å². The molecular formula is C19H19N5O2. The second-order valence-electron chi connectivity index (χ2n) is 6.45. The number of para-hydroxylation sites is 2. The van der Waals surface area contributed by atoms with E-state index in [1.54, 1.807) is 22.9 Å². The Morgan fingerprint density at radius 3 is 2.77 bits per heavy atom. The zero-order chi connectivity index (χ0) is 18.3. The van der Waals surface area contributed by atoms with Crippen molar-refractivity contribution in [3.05, 3.63) is 64.2 Å². The second kappa shape index (κ2) is 6.18.